The third-order valence-corrected chi connectivity index (χ3v) is 2.83. The second-order valence-corrected chi connectivity index (χ2v) is 5.95. The Kier molecular flexibility index (Phi) is 6.83. The monoisotopic (exact) mass is 332 g/mol. The Morgan fingerprint density at radius 2 is 1.83 bits per heavy atom. The van der Waals surface area contributed by atoms with Crippen molar-refractivity contribution in [2.24, 2.45) is 0 Å². The zero-order valence-corrected chi connectivity index (χ0v) is 13.9. The van der Waals surface area contributed by atoms with Crippen molar-refractivity contribution in [1.29, 1.82) is 10.5 Å². The number of rotatable bonds is 8. The van der Waals surface area contributed by atoms with Crippen molar-refractivity contribution < 1.29 is 4.92 Å². The lowest BCUT2D eigenvalue weighted by Gasteiger charge is -2.24. The lowest BCUT2D eigenvalue weighted by Crippen LogP contribution is -2.40. The number of anilines is 2. The van der Waals surface area contributed by atoms with Crippen LogP contribution < -0.4 is 15.8 Å². The highest BCUT2D eigenvalue weighted by atomic mass is 16.6. The summed E-state index contributed by atoms with van der Waals surface area (Å²) >= 11 is 0. The number of nitrogens with one attached hydrogen (secondary N) is 2. The number of aromatic nitrogens is 2. The molecule has 0 unspecified atom stereocenters. The van der Waals surface area contributed by atoms with E-state index in [4.69, 9.17) is 10.5 Å². The molecule has 0 atom stereocenters. The summed E-state index contributed by atoms with van der Waals surface area (Å²) in [5.74, 6) is 0.109. The Balaban J connectivity index is 3.22. The molecule has 0 saturated heterocycles. The molecule has 0 radical (unpaired) electrons. The van der Waals surface area contributed by atoms with Crippen LogP contribution in [-0.4, -0.2) is 33.5 Å². The van der Waals surface area contributed by atoms with Crippen LogP contribution in [0.4, 0.5) is 17.3 Å². The van der Waals surface area contributed by atoms with Gasteiger partial charge in [0.2, 0.25) is 11.6 Å². The van der Waals surface area contributed by atoms with Gasteiger partial charge in [-0.25, -0.2) is 15.4 Å². The fourth-order valence-electron chi connectivity index (χ4n) is 1.80. The summed E-state index contributed by atoms with van der Waals surface area (Å²) in [7, 11) is 0. The topological polar surface area (TPSA) is 144 Å². The predicted octanol–water partition coefficient (Wildman–Crippen LogP) is 1.73. The zero-order valence-electron chi connectivity index (χ0n) is 13.9. The summed E-state index contributed by atoms with van der Waals surface area (Å²) in [4.78, 5) is 20.4. The standard InChI is InChI=1S/C14H20N8O2/c1-14(2,3)20-19-12-11(22(23)24)13(18-10-17-12)21(8-4-6-15)9-5-7-16/h10,20H,4-5,8-9H2,1-3H3,(H,17,18,19). The molecule has 0 bridgehead atoms. The molecule has 0 aliphatic heterocycles. The Morgan fingerprint density at radius 1 is 1.25 bits per heavy atom. The van der Waals surface area contributed by atoms with Gasteiger partial charge in [-0.3, -0.25) is 15.5 Å². The van der Waals surface area contributed by atoms with E-state index < -0.39 is 4.92 Å². The quantitative estimate of drug-likeness (QED) is 0.537. The minimum absolute atomic E-state index is 0.0267. The van der Waals surface area contributed by atoms with Crippen molar-refractivity contribution in [2.75, 3.05) is 23.4 Å². The van der Waals surface area contributed by atoms with Crippen LogP contribution in [0.15, 0.2) is 6.33 Å². The van der Waals surface area contributed by atoms with Gasteiger partial charge >= 0.3 is 5.69 Å². The minimum Gasteiger partial charge on any atom is -0.349 e. The van der Waals surface area contributed by atoms with Crippen molar-refractivity contribution in [3.63, 3.8) is 0 Å². The van der Waals surface area contributed by atoms with Gasteiger partial charge < -0.3 is 4.90 Å². The SMILES string of the molecule is CC(C)(C)NNc1ncnc(N(CCC#N)CCC#N)c1[N+](=O)[O-]. The minimum atomic E-state index is -0.576. The summed E-state index contributed by atoms with van der Waals surface area (Å²) in [6.45, 7) is 6.14. The summed E-state index contributed by atoms with van der Waals surface area (Å²) in [5, 5.41) is 29.0. The predicted molar refractivity (Wildman–Crippen MR) is 87.9 cm³/mol. The van der Waals surface area contributed by atoms with Gasteiger partial charge in [-0.1, -0.05) is 0 Å². The Morgan fingerprint density at radius 3 is 2.29 bits per heavy atom. The van der Waals surface area contributed by atoms with Gasteiger partial charge in [-0.15, -0.1) is 0 Å². The average Bonchev–Trinajstić information content (AvgIpc) is 2.52. The maximum atomic E-state index is 11.5. The molecule has 0 amide bonds. The molecule has 2 N–H and O–H groups in total. The van der Waals surface area contributed by atoms with E-state index in [0.29, 0.717) is 0 Å². The molecule has 1 heterocycles. The molecule has 1 aromatic heterocycles. The number of hydrazine groups is 1. The molecule has 128 valence electrons. The second-order valence-electron chi connectivity index (χ2n) is 5.95. The summed E-state index contributed by atoms with van der Waals surface area (Å²) in [6.07, 6.45) is 1.53. The molecular formula is C14H20N8O2. The smallest absolute Gasteiger partial charge is 0.349 e. The van der Waals surface area contributed by atoms with E-state index in [9.17, 15) is 10.1 Å². The van der Waals surface area contributed by atoms with Crippen LogP contribution in [-0.2, 0) is 0 Å². The number of hydrogen-bond donors (Lipinski definition) is 2. The van der Waals surface area contributed by atoms with Crippen molar-refractivity contribution in [2.45, 2.75) is 39.2 Å². The molecule has 0 spiro atoms. The van der Waals surface area contributed by atoms with Crippen LogP contribution in [0, 0.1) is 32.8 Å². The largest absolute Gasteiger partial charge is 0.354 e. The van der Waals surface area contributed by atoms with Crippen LogP contribution >= 0.6 is 0 Å². The maximum absolute atomic E-state index is 11.5. The molecule has 0 aromatic carbocycles. The van der Waals surface area contributed by atoms with Gasteiger partial charge in [-0.05, 0) is 20.8 Å². The fourth-order valence-corrected chi connectivity index (χ4v) is 1.80. The van der Waals surface area contributed by atoms with E-state index in [1.165, 1.54) is 6.33 Å². The lowest BCUT2D eigenvalue weighted by atomic mass is 10.1. The van der Waals surface area contributed by atoms with Crippen molar-refractivity contribution in [3.8, 4) is 12.1 Å². The van der Waals surface area contributed by atoms with Gasteiger partial charge in [0.25, 0.3) is 0 Å². The first-order chi connectivity index (χ1) is 11.3. The number of nitro groups is 1. The second kappa shape index (κ2) is 8.60. The van der Waals surface area contributed by atoms with Crippen LogP contribution in [0.1, 0.15) is 33.6 Å². The summed E-state index contributed by atoms with van der Waals surface area (Å²) in [6, 6.07) is 3.97. The van der Waals surface area contributed by atoms with Crippen LogP contribution in [0.5, 0.6) is 0 Å². The highest BCUT2D eigenvalue weighted by Gasteiger charge is 2.27. The van der Waals surface area contributed by atoms with Crippen LogP contribution in [0.3, 0.4) is 0 Å². The van der Waals surface area contributed by atoms with Gasteiger partial charge in [0.1, 0.15) is 6.33 Å². The summed E-state index contributed by atoms with van der Waals surface area (Å²) < 4.78 is 0. The normalized spacial score (nSPS) is 10.5. The van der Waals surface area contributed by atoms with E-state index in [0.717, 1.165) is 0 Å². The maximum Gasteiger partial charge on any atom is 0.354 e. The molecule has 0 fully saturated rings. The molecule has 10 heteroatoms. The highest BCUT2D eigenvalue weighted by molar-refractivity contribution is 5.70. The van der Waals surface area contributed by atoms with Crippen LogP contribution in [0.2, 0.25) is 0 Å². The number of hydrogen-bond acceptors (Lipinski definition) is 9. The number of nitrogens with zero attached hydrogens (tertiary/aromatic N) is 6. The number of nitriles is 2. The fraction of sp³-hybridized carbons (Fsp3) is 0.571. The van der Waals surface area contributed by atoms with Crippen molar-refractivity contribution in [1.82, 2.24) is 15.4 Å². The van der Waals surface area contributed by atoms with Gasteiger partial charge in [0.05, 0.1) is 29.9 Å². The molecule has 1 rings (SSSR count). The average molecular weight is 332 g/mol. The highest BCUT2D eigenvalue weighted by Crippen LogP contribution is 2.31. The van der Waals surface area contributed by atoms with E-state index in [1.54, 1.807) is 4.90 Å². The third kappa shape index (κ3) is 5.66. The molecule has 24 heavy (non-hydrogen) atoms. The molecule has 10 nitrogen and oxygen atoms in total. The lowest BCUT2D eigenvalue weighted by molar-refractivity contribution is -0.383. The molecular weight excluding hydrogens is 312 g/mol. The summed E-state index contributed by atoms with van der Waals surface area (Å²) in [5.41, 5.74) is 5.03. The van der Waals surface area contributed by atoms with Crippen molar-refractivity contribution in [3.05, 3.63) is 16.4 Å². The first-order valence-electron chi connectivity index (χ1n) is 7.31. The molecule has 0 aliphatic rings. The molecule has 1 aromatic rings. The van der Waals surface area contributed by atoms with Gasteiger partial charge in [-0.2, -0.15) is 10.5 Å². The van der Waals surface area contributed by atoms with Gasteiger partial charge in [0, 0.05) is 18.6 Å². The van der Waals surface area contributed by atoms with E-state index in [-0.39, 0.29) is 48.8 Å². The van der Waals surface area contributed by atoms with E-state index >= 15 is 0 Å². The third-order valence-electron chi connectivity index (χ3n) is 2.83. The van der Waals surface area contributed by atoms with Crippen molar-refractivity contribution >= 4 is 17.3 Å². The van der Waals surface area contributed by atoms with E-state index in [1.807, 2.05) is 32.9 Å². The Labute approximate surface area is 140 Å². The Hall–Kier alpha value is -2.98. The first kappa shape index (κ1) is 19.1. The molecule has 0 aliphatic carbocycles. The Bertz CT molecular complexity index is 638. The van der Waals surface area contributed by atoms with Gasteiger partial charge in [0.15, 0.2) is 0 Å². The van der Waals surface area contributed by atoms with Crippen LogP contribution in [0.25, 0.3) is 0 Å². The van der Waals surface area contributed by atoms with E-state index in [2.05, 4.69) is 20.8 Å². The first-order valence-corrected chi connectivity index (χ1v) is 7.31. The zero-order chi connectivity index (χ0) is 18.2. The molecule has 0 saturated carbocycles.